The number of aromatic amines is 1. The number of carbonyl (C=O) groups excluding carboxylic acids is 1. The van der Waals surface area contributed by atoms with Gasteiger partial charge in [-0.1, -0.05) is 18.2 Å². The van der Waals surface area contributed by atoms with Crippen molar-refractivity contribution in [3.8, 4) is 17.2 Å². The maximum Gasteiger partial charge on any atom is 0.234 e. The van der Waals surface area contributed by atoms with Gasteiger partial charge in [0.25, 0.3) is 0 Å². The van der Waals surface area contributed by atoms with Gasteiger partial charge in [0.15, 0.2) is 11.5 Å². The standard InChI is InChI=1S/C21H24N2O4/c1-21(2,15-12-22-16-9-7-6-8-14(15)16)20(24)23-13-10-17(25-3)19(27-5)18(11-13)26-4/h6-12,22H,1-5H3,(H,23,24). The van der Waals surface area contributed by atoms with E-state index >= 15 is 0 Å². The van der Waals surface area contributed by atoms with Crippen molar-refractivity contribution < 1.29 is 19.0 Å². The third-order valence-electron chi connectivity index (χ3n) is 4.75. The van der Waals surface area contributed by atoms with Crippen LogP contribution in [0.15, 0.2) is 42.6 Å². The van der Waals surface area contributed by atoms with Crippen LogP contribution in [0.2, 0.25) is 0 Å². The molecule has 0 radical (unpaired) electrons. The lowest BCUT2D eigenvalue weighted by Gasteiger charge is -2.24. The molecule has 0 bridgehead atoms. The summed E-state index contributed by atoms with van der Waals surface area (Å²) in [5, 5.41) is 4.00. The average molecular weight is 368 g/mol. The minimum absolute atomic E-state index is 0.137. The minimum Gasteiger partial charge on any atom is -0.493 e. The summed E-state index contributed by atoms with van der Waals surface area (Å²) in [6, 6.07) is 11.4. The van der Waals surface area contributed by atoms with Crippen LogP contribution in [0, 0.1) is 0 Å². The van der Waals surface area contributed by atoms with Gasteiger partial charge in [-0.2, -0.15) is 0 Å². The van der Waals surface area contributed by atoms with Gasteiger partial charge in [-0.25, -0.2) is 0 Å². The molecule has 0 saturated carbocycles. The van der Waals surface area contributed by atoms with E-state index in [0.717, 1.165) is 16.5 Å². The summed E-state index contributed by atoms with van der Waals surface area (Å²) in [7, 11) is 4.62. The Morgan fingerprint density at radius 1 is 1.00 bits per heavy atom. The van der Waals surface area contributed by atoms with Crippen molar-refractivity contribution in [2.75, 3.05) is 26.6 Å². The quantitative estimate of drug-likeness (QED) is 0.687. The number of nitrogens with one attached hydrogen (secondary N) is 2. The van der Waals surface area contributed by atoms with E-state index in [-0.39, 0.29) is 5.91 Å². The normalized spacial score (nSPS) is 11.3. The van der Waals surface area contributed by atoms with E-state index in [1.807, 2.05) is 44.3 Å². The van der Waals surface area contributed by atoms with Crippen LogP contribution in [0.25, 0.3) is 10.9 Å². The van der Waals surface area contributed by atoms with E-state index in [0.29, 0.717) is 22.9 Å². The maximum atomic E-state index is 13.1. The first-order chi connectivity index (χ1) is 12.9. The second kappa shape index (κ2) is 7.23. The van der Waals surface area contributed by atoms with E-state index in [4.69, 9.17) is 14.2 Å². The molecular weight excluding hydrogens is 344 g/mol. The summed E-state index contributed by atoms with van der Waals surface area (Å²) >= 11 is 0. The van der Waals surface area contributed by atoms with Gasteiger partial charge < -0.3 is 24.5 Å². The number of hydrogen-bond acceptors (Lipinski definition) is 4. The number of para-hydroxylation sites is 1. The van der Waals surface area contributed by atoms with Crippen LogP contribution in [0.5, 0.6) is 17.2 Å². The number of fused-ring (bicyclic) bond motifs is 1. The Morgan fingerprint density at radius 3 is 2.22 bits per heavy atom. The molecule has 6 heteroatoms. The highest BCUT2D eigenvalue weighted by molar-refractivity contribution is 6.02. The Labute approximate surface area is 158 Å². The van der Waals surface area contributed by atoms with E-state index < -0.39 is 5.41 Å². The fourth-order valence-electron chi connectivity index (χ4n) is 3.15. The molecule has 0 unspecified atom stereocenters. The molecule has 0 spiro atoms. The molecule has 0 aliphatic carbocycles. The SMILES string of the molecule is COc1cc(NC(=O)C(C)(C)c2c[nH]c3ccccc23)cc(OC)c1OC. The first-order valence-corrected chi connectivity index (χ1v) is 8.60. The van der Waals surface area contributed by atoms with Gasteiger partial charge >= 0.3 is 0 Å². The van der Waals surface area contributed by atoms with Crippen molar-refractivity contribution in [2.24, 2.45) is 0 Å². The molecular formula is C21H24N2O4. The number of benzene rings is 2. The highest BCUT2D eigenvalue weighted by Crippen LogP contribution is 2.40. The summed E-state index contributed by atoms with van der Waals surface area (Å²) in [6.45, 7) is 3.80. The minimum atomic E-state index is -0.750. The molecule has 3 rings (SSSR count). The summed E-state index contributed by atoms with van der Waals surface area (Å²) in [5.74, 6) is 1.31. The smallest absolute Gasteiger partial charge is 0.234 e. The fourth-order valence-corrected chi connectivity index (χ4v) is 3.15. The molecule has 2 aromatic carbocycles. The fraction of sp³-hybridized carbons (Fsp3) is 0.286. The Hall–Kier alpha value is -3.15. The summed E-state index contributed by atoms with van der Waals surface area (Å²) in [6.07, 6.45) is 1.89. The molecule has 0 aliphatic rings. The van der Waals surface area contributed by atoms with Gasteiger partial charge in [0.05, 0.1) is 26.7 Å². The Kier molecular flexibility index (Phi) is 4.99. The third-order valence-corrected chi connectivity index (χ3v) is 4.75. The van der Waals surface area contributed by atoms with Crippen molar-refractivity contribution in [1.29, 1.82) is 0 Å². The summed E-state index contributed by atoms with van der Waals surface area (Å²) in [4.78, 5) is 16.3. The molecule has 3 aromatic rings. The van der Waals surface area contributed by atoms with Crippen molar-refractivity contribution >= 4 is 22.5 Å². The van der Waals surface area contributed by atoms with E-state index in [1.165, 1.54) is 0 Å². The predicted octanol–water partition coefficient (Wildman–Crippen LogP) is 4.11. The summed E-state index contributed by atoms with van der Waals surface area (Å²) < 4.78 is 16.0. The molecule has 0 aliphatic heterocycles. The molecule has 1 aromatic heterocycles. The highest BCUT2D eigenvalue weighted by atomic mass is 16.5. The lowest BCUT2D eigenvalue weighted by molar-refractivity contribution is -0.120. The molecule has 27 heavy (non-hydrogen) atoms. The highest BCUT2D eigenvalue weighted by Gasteiger charge is 2.32. The number of hydrogen-bond donors (Lipinski definition) is 2. The number of methoxy groups -OCH3 is 3. The van der Waals surface area contributed by atoms with Gasteiger partial charge in [-0.05, 0) is 25.5 Å². The number of rotatable bonds is 6. The molecule has 2 N–H and O–H groups in total. The molecule has 142 valence electrons. The Balaban J connectivity index is 1.94. The predicted molar refractivity (Wildman–Crippen MR) is 106 cm³/mol. The Bertz CT molecular complexity index is 950. The average Bonchev–Trinajstić information content (AvgIpc) is 3.11. The second-order valence-corrected chi connectivity index (χ2v) is 6.74. The zero-order valence-corrected chi connectivity index (χ0v) is 16.2. The monoisotopic (exact) mass is 368 g/mol. The van der Waals surface area contributed by atoms with Crippen LogP contribution in [-0.2, 0) is 10.2 Å². The molecule has 1 amide bonds. The zero-order valence-electron chi connectivity index (χ0n) is 16.2. The second-order valence-electron chi connectivity index (χ2n) is 6.74. The van der Waals surface area contributed by atoms with Crippen LogP contribution in [0.3, 0.4) is 0 Å². The van der Waals surface area contributed by atoms with Crippen molar-refractivity contribution in [2.45, 2.75) is 19.3 Å². The lowest BCUT2D eigenvalue weighted by atomic mass is 9.83. The molecule has 0 atom stereocenters. The van der Waals surface area contributed by atoms with Crippen molar-refractivity contribution in [1.82, 2.24) is 4.98 Å². The van der Waals surface area contributed by atoms with Crippen LogP contribution >= 0.6 is 0 Å². The van der Waals surface area contributed by atoms with E-state index in [9.17, 15) is 4.79 Å². The van der Waals surface area contributed by atoms with Gasteiger partial charge in [-0.15, -0.1) is 0 Å². The topological polar surface area (TPSA) is 72.6 Å². The molecule has 0 saturated heterocycles. The van der Waals surface area contributed by atoms with Crippen LogP contribution < -0.4 is 19.5 Å². The Morgan fingerprint density at radius 2 is 1.63 bits per heavy atom. The molecule has 1 heterocycles. The van der Waals surface area contributed by atoms with Crippen LogP contribution in [-0.4, -0.2) is 32.2 Å². The lowest BCUT2D eigenvalue weighted by Crippen LogP contribution is -2.34. The maximum absolute atomic E-state index is 13.1. The number of aromatic nitrogens is 1. The van der Waals surface area contributed by atoms with Crippen molar-refractivity contribution in [3.63, 3.8) is 0 Å². The van der Waals surface area contributed by atoms with Gasteiger partial charge in [0, 0.05) is 34.9 Å². The number of carbonyl (C=O) groups is 1. The zero-order chi connectivity index (χ0) is 19.6. The number of amides is 1. The van der Waals surface area contributed by atoms with Crippen LogP contribution in [0.1, 0.15) is 19.4 Å². The summed E-state index contributed by atoms with van der Waals surface area (Å²) in [5.41, 5.74) is 1.76. The van der Waals surface area contributed by atoms with Gasteiger partial charge in [-0.3, -0.25) is 4.79 Å². The van der Waals surface area contributed by atoms with Gasteiger partial charge in [0.1, 0.15) is 0 Å². The van der Waals surface area contributed by atoms with E-state index in [2.05, 4.69) is 10.3 Å². The largest absolute Gasteiger partial charge is 0.493 e. The first-order valence-electron chi connectivity index (χ1n) is 8.60. The number of ether oxygens (including phenoxy) is 3. The van der Waals surface area contributed by atoms with Gasteiger partial charge in [0.2, 0.25) is 11.7 Å². The van der Waals surface area contributed by atoms with Crippen molar-refractivity contribution in [3.05, 3.63) is 48.2 Å². The number of anilines is 1. The molecule has 6 nitrogen and oxygen atoms in total. The third kappa shape index (κ3) is 3.30. The van der Waals surface area contributed by atoms with E-state index in [1.54, 1.807) is 33.5 Å². The van der Waals surface area contributed by atoms with Crippen LogP contribution in [0.4, 0.5) is 5.69 Å². The number of H-pyrrole nitrogens is 1. The molecule has 0 fully saturated rings. The first kappa shape index (κ1) is 18.6.